The van der Waals surface area contributed by atoms with E-state index in [2.05, 4.69) is 0 Å². The average molecular weight is 615 g/mol. The van der Waals surface area contributed by atoms with Crippen molar-refractivity contribution in [1.29, 1.82) is 0 Å². The minimum absolute atomic E-state index is 0.0905. The number of hydrogen-bond donors (Lipinski definition) is 1. The maximum absolute atomic E-state index is 15.8. The molecular weight excluding hydrogens is 583 g/mol. The normalized spacial score (nSPS) is 24.6. The summed E-state index contributed by atoms with van der Waals surface area (Å²) in [5, 5.41) is 12.2. The lowest BCUT2D eigenvalue weighted by Crippen LogP contribution is -2.45. The standard InChI is InChI=1S/C34H32ClFN2O4Si/c1-20-31(43(2,3)36)29(15-16-39)42-34(20)26-18-23(35)13-14-27(26)37(33(34)41)19-21-7-4-10-24(17-21)38-28-12-6-9-22-8-5-11-25(30(22)28)32(38)40/h4-14,17-18,20,29,31,39H,15-16,19H2,1-3H3/t20-,29+,31-,34+/m1/s1. The van der Waals surface area contributed by atoms with Crippen molar-refractivity contribution in [3.8, 4) is 0 Å². The van der Waals surface area contributed by atoms with Crippen LogP contribution in [0.5, 0.6) is 0 Å². The van der Waals surface area contributed by atoms with Gasteiger partial charge >= 0.3 is 0 Å². The van der Waals surface area contributed by atoms with Crippen molar-refractivity contribution in [1.82, 2.24) is 0 Å². The Morgan fingerprint density at radius 3 is 2.49 bits per heavy atom. The van der Waals surface area contributed by atoms with Gasteiger partial charge in [-0.05, 0) is 72.9 Å². The highest BCUT2D eigenvalue weighted by molar-refractivity contribution is 6.72. The van der Waals surface area contributed by atoms with E-state index in [-0.39, 0.29) is 31.4 Å². The molecule has 4 atom stereocenters. The average Bonchev–Trinajstić information content (AvgIpc) is 3.52. The Balaban J connectivity index is 1.27. The second-order valence-electron chi connectivity index (χ2n) is 12.3. The predicted molar refractivity (Wildman–Crippen MR) is 169 cm³/mol. The zero-order valence-electron chi connectivity index (χ0n) is 24.2. The molecule has 3 heterocycles. The van der Waals surface area contributed by atoms with Crippen LogP contribution in [0.15, 0.2) is 78.9 Å². The Kier molecular flexibility index (Phi) is 6.56. The van der Waals surface area contributed by atoms with E-state index in [0.29, 0.717) is 27.5 Å². The molecule has 0 aromatic heterocycles. The molecule has 0 unspecified atom stereocenters. The van der Waals surface area contributed by atoms with Gasteiger partial charge in [-0.25, -0.2) is 0 Å². The van der Waals surface area contributed by atoms with Crippen molar-refractivity contribution in [3.05, 3.63) is 101 Å². The highest BCUT2D eigenvalue weighted by Gasteiger charge is 2.66. The SMILES string of the molecule is C[C@@H]1[C@@H]([Si](C)(C)F)[C@H](CCO)O[C@@]12C(=O)N(Cc1cccc(N3C(=O)c4cccc5cccc3c45)c1)c1ccc(Cl)cc12. The van der Waals surface area contributed by atoms with Crippen LogP contribution in [0.4, 0.5) is 21.2 Å². The highest BCUT2D eigenvalue weighted by Crippen LogP contribution is 2.60. The molecule has 220 valence electrons. The minimum Gasteiger partial charge on any atom is -0.396 e. The minimum atomic E-state index is -3.29. The van der Waals surface area contributed by atoms with Crippen LogP contribution in [0, 0.1) is 5.92 Å². The van der Waals surface area contributed by atoms with Gasteiger partial charge in [-0.1, -0.05) is 54.9 Å². The second kappa shape index (κ2) is 9.99. The molecule has 4 aromatic rings. The van der Waals surface area contributed by atoms with Gasteiger partial charge in [-0.15, -0.1) is 0 Å². The molecule has 9 heteroatoms. The van der Waals surface area contributed by atoms with Gasteiger partial charge in [-0.3, -0.25) is 14.5 Å². The van der Waals surface area contributed by atoms with Crippen LogP contribution in [0.25, 0.3) is 10.8 Å². The number of benzene rings is 4. The zero-order chi connectivity index (χ0) is 30.3. The van der Waals surface area contributed by atoms with Gasteiger partial charge in [0, 0.05) is 39.7 Å². The van der Waals surface area contributed by atoms with E-state index in [9.17, 15) is 14.7 Å². The highest BCUT2D eigenvalue weighted by atomic mass is 35.5. The monoisotopic (exact) mass is 614 g/mol. The molecule has 0 bridgehead atoms. The molecule has 0 radical (unpaired) electrons. The van der Waals surface area contributed by atoms with Crippen LogP contribution in [0.2, 0.25) is 23.7 Å². The van der Waals surface area contributed by atoms with Gasteiger partial charge in [0.25, 0.3) is 11.8 Å². The number of anilines is 3. The fraction of sp³-hybridized carbons (Fsp3) is 0.294. The Morgan fingerprint density at radius 1 is 1.00 bits per heavy atom. The summed E-state index contributed by atoms with van der Waals surface area (Å²) in [6, 6.07) is 24.6. The van der Waals surface area contributed by atoms with E-state index in [4.69, 9.17) is 16.3 Å². The predicted octanol–water partition coefficient (Wildman–Crippen LogP) is 7.49. The second-order valence-corrected chi connectivity index (χ2v) is 16.6. The molecule has 6 nitrogen and oxygen atoms in total. The molecule has 1 saturated heterocycles. The van der Waals surface area contributed by atoms with Gasteiger partial charge < -0.3 is 18.9 Å². The first-order valence-electron chi connectivity index (χ1n) is 14.6. The molecule has 1 fully saturated rings. The van der Waals surface area contributed by atoms with Crippen LogP contribution in [-0.4, -0.2) is 38.0 Å². The lowest BCUT2D eigenvalue weighted by Gasteiger charge is -2.31. The summed E-state index contributed by atoms with van der Waals surface area (Å²) in [5.41, 5.74) is 2.46. The van der Waals surface area contributed by atoms with E-state index < -0.39 is 31.6 Å². The maximum Gasteiger partial charge on any atom is 0.264 e. The third-order valence-corrected chi connectivity index (χ3v) is 12.1. The van der Waals surface area contributed by atoms with Crippen LogP contribution in [0.3, 0.4) is 0 Å². The smallest absolute Gasteiger partial charge is 0.264 e. The number of aliphatic hydroxyl groups is 1. The van der Waals surface area contributed by atoms with Crippen molar-refractivity contribution in [2.75, 3.05) is 16.4 Å². The van der Waals surface area contributed by atoms with Crippen LogP contribution in [-0.2, 0) is 21.7 Å². The number of fused-ring (bicyclic) bond motifs is 2. The zero-order valence-corrected chi connectivity index (χ0v) is 25.9. The summed E-state index contributed by atoms with van der Waals surface area (Å²) >= 11 is 6.46. The lowest BCUT2D eigenvalue weighted by molar-refractivity contribution is -0.146. The van der Waals surface area contributed by atoms with Crippen LogP contribution < -0.4 is 9.80 Å². The maximum atomic E-state index is 15.8. The molecule has 43 heavy (non-hydrogen) atoms. The number of halogens is 2. The van der Waals surface area contributed by atoms with E-state index in [1.807, 2.05) is 73.7 Å². The number of rotatable bonds is 6. The van der Waals surface area contributed by atoms with Crippen LogP contribution in [0.1, 0.15) is 34.8 Å². The number of carbonyl (C=O) groups excluding carboxylic acids is 2. The lowest BCUT2D eigenvalue weighted by atomic mass is 9.82. The van der Waals surface area contributed by atoms with Gasteiger partial charge in [0.1, 0.15) is 0 Å². The summed E-state index contributed by atoms with van der Waals surface area (Å²) in [7, 11) is -3.29. The summed E-state index contributed by atoms with van der Waals surface area (Å²) < 4.78 is 22.4. The molecule has 7 rings (SSSR count). The van der Waals surface area contributed by atoms with Gasteiger partial charge in [0.15, 0.2) is 5.60 Å². The molecule has 0 aliphatic carbocycles. The number of amides is 2. The van der Waals surface area contributed by atoms with Crippen LogP contribution >= 0.6 is 11.6 Å². The fourth-order valence-electron chi connectivity index (χ4n) is 7.72. The molecular formula is C34H32ClFN2O4Si. The number of aliphatic hydroxyl groups excluding tert-OH is 1. The van der Waals surface area contributed by atoms with Crippen molar-refractivity contribution in [3.63, 3.8) is 0 Å². The Hall–Kier alpha value is -3.56. The van der Waals surface area contributed by atoms with Crippen molar-refractivity contribution >= 4 is 59.7 Å². The van der Waals surface area contributed by atoms with Crippen molar-refractivity contribution in [2.24, 2.45) is 5.92 Å². The molecule has 4 aromatic carbocycles. The number of ether oxygens (including phenoxy) is 1. The number of hydrogen-bond acceptors (Lipinski definition) is 4. The van der Waals surface area contributed by atoms with Crippen molar-refractivity contribution < 1.29 is 23.5 Å². The fourth-order valence-corrected chi connectivity index (χ4v) is 10.4. The summed E-state index contributed by atoms with van der Waals surface area (Å²) in [6.45, 7) is 5.24. The Morgan fingerprint density at radius 2 is 1.74 bits per heavy atom. The first kappa shape index (κ1) is 28.2. The number of carbonyl (C=O) groups is 2. The first-order valence-corrected chi connectivity index (χ1v) is 17.9. The molecule has 0 saturated carbocycles. The molecule has 3 aliphatic heterocycles. The van der Waals surface area contributed by atoms with Gasteiger partial charge in [0.2, 0.25) is 8.41 Å². The van der Waals surface area contributed by atoms with Gasteiger partial charge in [0.05, 0.1) is 29.6 Å². The summed E-state index contributed by atoms with van der Waals surface area (Å²) in [5.74, 6) is -0.814. The largest absolute Gasteiger partial charge is 0.396 e. The molecule has 1 spiro atoms. The Bertz CT molecular complexity index is 1800. The Labute approximate surface area is 255 Å². The molecule has 2 amide bonds. The molecule has 1 N–H and O–H groups in total. The topological polar surface area (TPSA) is 70.1 Å². The summed E-state index contributed by atoms with van der Waals surface area (Å²) in [4.78, 5) is 31.5. The third-order valence-electron chi connectivity index (χ3n) is 9.40. The quantitative estimate of drug-likeness (QED) is 0.180. The van der Waals surface area contributed by atoms with Crippen molar-refractivity contribution in [2.45, 2.75) is 50.2 Å². The first-order chi connectivity index (χ1) is 20.6. The van der Waals surface area contributed by atoms with E-state index in [1.165, 1.54) is 0 Å². The molecule has 3 aliphatic rings. The van der Waals surface area contributed by atoms with E-state index in [1.54, 1.807) is 35.0 Å². The number of nitrogens with zero attached hydrogens (tertiary/aromatic N) is 2. The third kappa shape index (κ3) is 4.11. The van der Waals surface area contributed by atoms with E-state index >= 15 is 4.11 Å². The summed E-state index contributed by atoms with van der Waals surface area (Å²) in [6.07, 6.45) is -0.335. The van der Waals surface area contributed by atoms with Gasteiger partial charge in [-0.2, -0.15) is 0 Å². The van der Waals surface area contributed by atoms with E-state index in [0.717, 1.165) is 22.0 Å².